The predicted molar refractivity (Wildman–Crippen MR) is 105 cm³/mol. The van der Waals surface area contributed by atoms with E-state index in [2.05, 4.69) is 5.32 Å². The van der Waals surface area contributed by atoms with Crippen molar-refractivity contribution in [2.45, 2.75) is 116 Å². The van der Waals surface area contributed by atoms with Crippen LogP contribution in [0.2, 0.25) is 0 Å². The van der Waals surface area contributed by atoms with E-state index >= 15 is 0 Å². The third kappa shape index (κ3) is 21.4. The lowest BCUT2D eigenvalue weighted by molar-refractivity contribution is -0.137. The molecular formula is C21H43NO2. The fraction of sp³-hybridized carbons (Fsp3) is 0.952. The van der Waals surface area contributed by atoms with Crippen molar-refractivity contribution in [2.75, 3.05) is 13.6 Å². The van der Waals surface area contributed by atoms with Gasteiger partial charge in [0, 0.05) is 6.42 Å². The largest absolute Gasteiger partial charge is 0.481 e. The molecule has 0 heterocycles. The Bertz CT molecular complexity index is 256. The summed E-state index contributed by atoms with van der Waals surface area (Å²) in [6.45, 7) is 1.17. The quantitative estimate of drug-likeness (QED) is 0.255. The number of carboxylic acid groups (broad SMARTS) is 1. The average Bonchev–Trinajstić information content (AvgIpc) is 2.56. The number of carboxylic acids is 1. The molecule has 0 spiro atoms. The molecule has 0 amide bonds. The Morgan fingerprint density at radius 3 is 1.17 bits per heavy atom. The second-order valence-corrected chi connectivity index (χ2v) is 7.26. The Kier molecular flexibility index (Phi) is 20.0. The van der Waals surface area contributed by atoms with Crippen LogP contribution >= 0.6 is 0 Å². The number of hydrogen-bond donors (Lipinski definition) is 2. The zero-order chi connectivity index (χ0) is 17.7. The Morgan fingerprint density at radius 2 is 0.875 bits per heavy atom. The summed E-state index contributed by atoms with van der Waals surface area (Å²) in [5, 5.41) is 11.8. The van der Waals surface area contributed by atoms with Gasteiger partial charge in [0.15, 0.2) is 0 Å². The normalized spacial score (nSPS) is 11.0. The Balaban J connectivity index is 2.97. The minimum Gasteiger partial charge on any atom is -0.481 e. The van der Waals surface area contributed by atoms with Crippen molar-refractivity contribution < 1.29 is 9.90 Å². The van der Waals surface area contributed by atoms with Crippen molar-refractivity contribution >= 4 is 5.97 Å². The van der Waals surface area contributed by atoms with Gasteiger partial charge in [-0.25, -0.2) is 0 Å². The van der Waals surface area contributed by atoms with Crippen LogP contribution in [0.15, 0.2) is 0 Å². The smallest absolute Gasteiger partial charge is 0.303 e. The number of nitrogens with one attached hydrogen (secondary N) is 1. The molecule has 144 valence electrons. The van der Waals surface area contributed by atoms with E-state index in [1.54, 1.807) is 0 Å². The van der Waals surface area contributed by atoms with Crippen molar-refractivity contribution in [1.82, 2.24) is 5.32 Å². The summed E-state index contributed by atoms with van der Waals surface area (Å²) in [4.78, 5) is 10.4. The number of aliphatic carboxylic acids is 1. The number of rotatable bonds is 20. The summed E-state index contributed by atoms with van der Waals surface area (Å²) < 4.78 is 0. The number of hydrogen-bond acceptors (Lipinski definition) is 2. The maximum Gasteiger partial charge on any atom is 0.303 e. The van der Waals surface area contributed by atoms with Gasteiger partial charge in [-0.05, 0) is 26.4 Å². The Hall–Kier alpha value is -0.570. The Morgan fingerprint density at radius 1 is 0.583 bits per heavy atom. The van der Waals surface area contributed by atoms with E-state index in [1.165, 1.54) is 103 Å². The van der Waals surface area contributed by atoms with E-state index in [0.29, 0.717) is 6.42 Å². The highest BCUT2D eigenvalue weighted by Gasteiger charge is 1.97. The highest BCUT2D eigenvalue weighted by molar-refractivity contribution is 5.66. The van der Waals surface area contributed by atoms with Crippen molar-refractivity contribution in [3.05, 3.63) is 0 Å². The second-order valence-electron chi connectivity index (χ2n) is 7.26. The SMILES string of the molecule is CNCCCCCCCCCCCCCCCCCCCC(=O)O. The van der Waals surface area contributed by atoms with Crippen molar-refractivity contribution in [2.24, 2.45) is 0 Å². The highest BCUT2D eigenvalue weighted by Crippen LogP contribution is 2.14. The van der Waals surface area contributed by atoms with E-state index in [0.717, 1.165) is 12.8 Å². The molecule has 3 heteroatoms. The molecule has 0 aromatic carbocycles. The summed E-state index contributed by atoms with van der Waals surface area (Å²) in [5.74, 6) is -0.653. The lowest BCUT2D eigenvalue weighted by Crippen LogP contribution is -2.06. The first-order chi connectivity index (χ1) is 11.8. The van der Waals surface area contributed by atoms with Crippen molar-refractivity contribution in [3.63, 3.8) is 0 Å². The van der Waals surface area contributed by atoms with Gasteiger partial charge >= 0.3 is 5.97 Å². The first kappa shape index (κ1) is 23.4. The highest BCUT2D eigenvalue weighted by atomic mass is 16.4. The van der Waals surface area contributed by atoms with Crippen molar-refractivity contribution in [3.8, 4) is 0 Å². The molecule has 2 N–H and O–H groups in total. The van der Waals surface area contributed by atoms with Gasteiger partial charge in [0.1, 0.15) is 0 Å². The minimum absolute atomic E-state index is 0.344. The van der Waals surface area contributed by atoms with Gasteiger partial charge in [-0.3, -0.25) is 4.79 Å². The van der Waals surface area contributed by atoms with Crippen LogP contribution in [0.1, 0.15) is 116 Å². The first-order valence-electron chi connectivity index (χ1n) is 10.6. The maximum atomic E-state index is 10.4. The van der Waals surface area contributed by atoms with Crippen LogP contribution in [0.5, 0.6) is 0 Å². The zero-order valence-corrected chi connectivity index (χ0v) is 16.3. The van der Waals surface area contributed by atoms with E-state index < -0.39 is 5.97 Å². The molecule has 0 saturated heterocycles. The van der Waals surface area contributed by atoms with E-state index in [1.807, 2.05) is 7.05 Å². The van der Waals surface area contributed by atoms with Gasteiger partial charge in [-0.15, -0.1) is 0 Å². The van der Waals surface area contributed by atoms with Crippen LogP contribution in [0.25, 0.3) is 0 Å². The minimum atomic E-state index is -0.653. The van der Waals surface area contributed by atoms with Crippen LogP contribution in [0.3, 0.4) is 0 Å². The molecule has 0 unspecified atom stereocenters. The molecule has 0 fully saturated rings. The summed E-state index contributed by atoms with van der Waals surface area (Å²) in [5.41, 5.74) is 0. The summed E-state index contributed by atoms with van der Waals surface area (Å²) >= 11 is 0. The van der Waals surface area contributed by atoms with Crippen LogP contribution in [-0.2, 0) is 4.79 Å². The molecule has 3 nitrogen and oxygen atoms in total. The fourth-order valence-electron chi connectivity index (χ4n) is 3.23. The predicted octanol–water partition coefficient (Wildman–Crippen LogP) is 6.31. The summed E-state index contributed by atoms with van der Waals surface area (Å²) in [7, 11) is 2.03. The molecule has 0 aliphatic rings. The Labute approximate surface area is 151 Å². The van der Waals surface area contributed by atoms with E-state index in [9.17, 15) is 4.79 Å². The molecule has 0 aliphatic carbocycles. The van der Waals surface area contributed by atoms with Crippen LogP contribution < -0.4 is 5.32 Å². The third-order valence-corrected chi connectivity index (χ3v) is 4.82. The fourth-order valence-corrected chi connectivity index (χ4v) is 3.23. The van der Waals surface area contributed by atoms with E-state index in [4.69, 9.17) is 5.11 Å². The summed E-state index contributed by atoms with van der Waals surface area (Å²) in [6.07, 6.45) is 23.0. The average molecular weight is 342 g/mol. The van der Waals surface area contributed by atoms with Gasteiger partial charge in [0.05, 0.1) is 0 Å². The van der Waals surface area contributed by atoms with Gasteiger partial charge < -0.3 is 10.4 Å². The molecular weight excluding hydrogens is 298 g/mol. The molecule has 0 bridgehead atoms. The molecule has 0 aliphatic heterocycles. The van der Waals surface area contributed by atoms with Crippen LogP contribution in [0, 0.1) is 0 Å². The molecule has 0 saturated carbocycles. The molecule has 0 radical (unpaired) electrons. The molecule has 0 atom stereocenters. The number of unbranched alkanes of at least 4 members (excludes halogenated alkanes) is 16. The summed E-state index contributed by atoms with van der Waals surface area (Å²) in [6, 6.07) is 0. The van der Waals surface area contributed by atoms with Gasteiger partial charge in [0.25, 0.3) is 0 Å². The lowest BCUT2D eigenvalue weighted by atomic mass is 10.0. The zero-order valence-electron chi connectivity index (χ0n) is 16.3. The lowest BCUT2D eigenvalue weighted by Gasteiger charge is -2.04. The maximum absolute atomic E-state index is 10.4. The molecule has 24 heavy (non-hydrogen) atoms. The molecule has 0 aromatic rings. The van der Waals surface area contributed by atoms with Gasteiger partial charge in [-0.1, -0.05) is 96.3 Å². The van der Waals surface area contributed by atoms with Gasteiger partial charge in [-0.2, -0.15) is 0 Å². The first-order valence-corrected chi connectivity index (χ1v) is 10.6. The molecule has 0 aromatic heterocycles. The third-order valence-electron chi connectivity index (χ3n) is 4.82. The van der Waals surface area contributed by atoms with Crippen LogP contribution in [-0.4, -0.2) is 24.7 Å². The molecule has 0 rings (SSSR count). The standard InChI is InChI=1S/C21H43NO2/c1-22-20-18-16-14-12-10-8-6-4-2-3-5-7-9-11-13-15-17-19-21(23)24/h22H,2-20H2,1H3,(H,23,24). The van der Waals surface area contributed by atoms with Crippen LogP contribution in [0.4, 0.5) is 0 Å². The monoisotopic (exact) mass is 341 g/mol. The topological polar surface area (TPSA) is 49.3 Å². The van der Waals surface area contributed by atoms with Gasteiger partial charge in [0.2, 0.25) is 0 Å². The van der Waals surface area contributed by atoms with Crippen molar-refractivity contribution in [1.29, 1.82) is 0 Å². The number of carbonyl (C=O) groups is 1. The van der Waals surface area contributed by atoms with E-state index in [-0.39, 0.29) is 0 Å². The second kappa shape index (κ2) is 20.5.